The standard InChI is InChI=1S/C18H26FNO/c1-17(2)8-10-18(21,11-9-17)12-20-16-7-6-13-14(16)4-3-5-15(13)19/h3-5,16,20-21H,6-12H2,1-2H3. The topological polar surface area (TPSA) is 32.3 Å². The van der Waals surface area contributed by atoms with Crippen LogP contribution in [-0.4, -0.2) is 17.3 Å². The molecule has 3 heteroatoms. The number of nitrogens with one attached hydrogen (secondary N) is 1. The summed E-state index contributed by atoms with van der Waals surface area (Å²) in [5, 5.41) is 14.2. The van der Waals surface area contributed by atoms with Gasteiger partial charge in [0.25, 0.3) is 0 Å². The van der Waals surface area contributed by atoms with Crippen molar-refractivity contribution in [3.63, 3.8) is 0 Å². The summed E-state index contributed by atoms with van der Waals surface area (Å²) in [5.41, 5.74) is 1.70. The van der Waals surface area contributed by atoms with E-state index in [0.717, 1.165) is 49.7 Å². The molecule has 3 rings (SSSR count). The molecule has 1 unspecified atom stereocenters. The number of hydrogen-bond acceptors (Lipinski definition) is 2. The van der Waals surface area contributed by atoms with Crippen LogP contribution in [0.15, 0.2) is 18.2 Å². The molecular formula is C18H26FNO. The highest BCUT2D eigenvalue weighted by Gasteiger charge is 2.37. The molecule has 21 heavy (non-hydrogen) atoms. The van der Waals surface area contributed by atoms with Crippen LogP contribution in [0.4, 0.5) is 4.39 Å². The molecule has 0 radical (unpaired) electrons. The summed E-state index contributed by atoms with van der Waals surface area (Å²) in [6.07, 6.45) is 5.58. The summed E-state index contributed by atoms with van der Waals surface area (Å²) < 4.78 is 13.7. The van der Waals surface area contributed by atoms with E-state index in [4.69, 9.17) is 0 Å². The van der Waals surface area contributed by atoms with Crippen molar-refractivity contribution in [3.05, 3.63) is 35.1 Å². The third-order valence-corrected chi connectivity index (χ3v) is 5.43. The fourth-order valence-electron chi connectivity index (χ4n) is 3.70. The highest BCUT2D eigenvalue weighted by Crippen LogP contribution is 2.40. The van der Waals surface area contributed by atoms with Crippen LogP contribution >= 0.6 is 0 Å². The summed E-state index contributed by atoms with van der Waals surface area (Å²) in [4.78, 5) is 0. The predicted octanol–water partition coefficient (Wildman–Crippen LogP) is 3.73. The molecule has 0 amide bonds. The van der Waals surface area contributed by atoms with Gasteiger partial charge < -0.3 is 10.4 Å². The molecule has 0 spiro atoms. The van der Waals surface area contributed by atoms with E-state index in [0.29, 0.717) is 12.0 Å². The number of hydrogen-bond donors (Lipinski definition) is 2. The van der Waals surface area contributed by atoms with E-state index in [9.17, 15) is 9.50 Å². The molecule has 0 aliphatic heterocycles. The van der Waals surface area contributed by atoms with E-state index in [-0.39, 0.29) is 11.9 Å². The van der Waals surface area contributed by atoms with Crippen LogP contribution in [-0.2, 0) is 6.42 Å². The minimum absolute atomic E-state index is 0.0880. The number of fused-ring (bicyclic) bond motifs is 1. The van der Waals surface area contributed by atoms with Gasteiger partial charge in [-0.2, -0.15) is 0 Å². The van der Waals surface area contributed by atoms with Gasteiger partial charge in [0, 0.05) is 12.6 Å². The maximum atomic E-state index is 13.7. The van der Waals surface area contributed by atoms with Gasteiger partial charge in [-0.25, -0.2) is 4.39 Å². The summed E-state index contributed by atoms with van der Waals surface area (Å²) in [5.74, 6) is -0.0880. The number of benzene rings is 1. The Balaban J connectivity index is 1.61. The third-order valence-electron chi connectivity index (χ3n) is 5.43. The fourth-order valence-corrected chi connectivity index (χ4v) is 3.70. The number of rotatable bonds is 3. The normalized spacial score (nSPS) is 26.6. The van der Waals surface area contributed by atoms with E-state index in [1.165, 1.54) is 6.07 Å². The van der Waals surface area contributed by atoms with Gasteiger partial charge in [0.05, 0.1) is 5.60 Å². The quantitative estimate of drug-likeness (QED) is 0.889. The van der Waals surface area contributed by atoms with E-state index >= 15 is 0 Å². The molecule has 116 valence electrons. The average Bonchev–Trinajstić information content (AvgIpc) is 2.86. The van der Waals surface area contributed by atoms with Crippen LogP contribution in [0.5, 0.6) is 0 Å². The molecule has 2 N–H and O–H groups in total. The third kappa shape index (κ3) is 3.14. The average molecular weight is 291 g/mol. The molecular weight excluding hydrogens is 265 g/mol. The highest BCUT2D eigenvalue weighted by atomic mass is 19.1. The smallest absolute Gasteiger partial charge is 0.126 e. The lowest BCUT2D eigenvalue weighted by Crippen LogP contribution is -2.45. The fraction of sp³-hybridized carbons (Fsp3) is 0.667. The molecule has 0 heterocycles. The second-order valence-corrected chi connectivity index (χ2v) is 7.67. The first-order valence-electron chi connectivity index (χ1n) is 8.12. The zero-order valence-corrected chi connectivity index (χ0v) is 13.1. The monoisotopic (exact) mass is 291 g/mol. The van der Waals surface area contributed by atoms with Crippen molar-refractivity contribution in [2.24, 2.45) is 5.41 Å². The second kappa shape index (κ2) is 5.36. The van der Waals surface area contributed by atoms with Crippen molar-refractivity contribution in [2.45, 2.75) is 64.0 Å². The minimum Gasteiger partial charge on any atom is -0.389 e. The Morgan fingerprint density at radius 3 is 2.67 bits per heavy atom. The maximum absolute atomic E-state index is 13.7. The van der Waals surface area contributed by atoms with Crippen LogP contribution < -0.4 is 5.32 Å². The lowest BCUT2D eigenvalue weighted by atomic mass is 9.71. The number of aliphatic hydroxyl groups is 1. The lowest BCUT2D eigenvalue weighted by Gasteiger charge is -2.40. The summed E-state index contributed by atoms with van der Waals surface area (Å²) in [6.45, 7) is 5.16. The van der Waals surface area contributed by atoms with Crippen molar-refractivity contribution in [1.82, 2.24) is 5.32 Å². The van der Waals surface area contributed by atoms with Crippen molar-refractivity contribution in [3.8, 4) is 0 Å². The highest BCUT2D eigenvalue weighted by molar-refractivity contribution is 5.35. The summed E-state index contributed by atoms with van der Waals surface area (Å²) >= 11 is 0. The maximum Gasteiger partial charge on any atom is 0.126 e. The van der Waals surface area contributed by atoms with Gasteiger partial charge in [-0.1, -0.05) is 26.0 Å². The van der Waals surface area contributed by atoms with Gasteiger partial charge in [0.15, 0.2) is 0 Å². The molecule has 1 saturated carbocycles. The Hall–Kier alpha value is -0.930. The molecule has 1 aromatic rings. The van der Waals surface area contributed by atoms with Gasteiger partial charge in [0.2, 0.25) is 0 Å². The van der Waals surface area contributed by atoms with Crippen molar-refractivity contribution in [1.29, 1.82) is 0 Å². The van der Waals surface area contributed by atoms with Crippen LogP contribution in [0.1, 0.15) is 63.1 Å². The summed E-state index contributed by atoms with van der Waals surface area (Å²) in [7, 11) is 0. The second-order valence-electron chi connectivity index (χ2n) is 7.67. The van der Waals surface area contributed by atoms with Crippen LogP contribution in [0.3, 0.4) is 0 Å². The largest absolute Gasteiger partial charge is 0.389 e. The molecule has 1 atom stereocenters. The predicted molar refractivity (Wildman–Crippen MR) is 82.7 cm³/mol. The van der Waals surface area contributed by atoms with E-state index in [1.54, 1.807) is 6.07 Å². The number of halogens is 1. The summed E-state index contributed by atoms with van der Waals surface area (Å²) in [6, 6.07) is 5.52. The van der Waals surface area contributed by atoms with E-state index in [2.05, 4.69) is 19.2 Å². The molecule has 0 saturated heterocycles. The molecule has 2 aliphatic rings. The van der Waals surface area contributed by atoms with Gasteiger partial charge >= 0.3 is 0 Å². The Labute approximate surface area is 126 Å². The SMILES string of the molecule is CC1(C)CCC(O)(CNC2CCc3c(F)cccc32)CC1. The first-order valence-corrected chi connectivity index (χ1v) is 8.12. The first-order chi connectivity index (χ1) is 9.89. The van der Waals surface area contributed by atoms with E-state index in [1.807, 2.05) is 6.07 Å². The Bertz CT molecular complexity index is 516. The van der Waals surface area contributed by atoms with Crippen LogP contribution in [0, 0.1) is 11.2 Å². The molecule has 2 nitrogen and oxygen atoms in total. The Morgan fingerprint density at radius 2 is 1.95 bits per heavy atom. The minimum atomic E-state index is -0.592. The Morgan fingerprint density at radius 1 is 1.24 bits per heavy atom. The van der Waals surface area contributed by atoms with Gasteiger partial charge in [-0.05, 0) is 61.1 Å². The molecule has 0 bridgehead atoms. The zero-order valence-electron chi connectivity index (χ0n) is 13.1. The van der Waals surface area contributed by atoms with Gasteiger partial charge in [-0.3, -0.25) is 0 Å². The Kier molecular flexibility index (Phi) is 3.83. The lowest BCUT2D eigenvalue weighted by molar-refractivity contribution is -0.0261. The van der Waals surface area contributed by atoms with E-state index < -0.39 is 5.60 Å². The molecule has 1 fully saturated rings. The van der Waals surface area contributed by atoms with Crippen molar-refractivity contribution < 1.29 is 9.50 Å². The van der Waals surface area contributed by atoms with Crippen molar-refractivity contribution in [2.75, 3.05) is 6.54 Å². The van der Waals surface area contributed by atoms with Crippen LogP contribution in [0.25, 0.3) is 0 Å². The molecule has 2 aliphatic carbocycles. The van der Waals surface area contributed by atoms with Crippen LogP contribution in [0.2, 0.25) is 0 Å². The molecule has 0 aromatic heterocycles. The zero-order chi connectivity index (χ0) is 15.1. The van der Waals surface area contributed by atoms with Gasteiger partial charge in [0.1, 0.15) is 5.82 Å². The van der Waals surface area contributed by atoms with Crippen molar-refractivity contribution >= 4 is 0 Å². The van der Waals surface area contributed by atoms with Gasteiger partial charge in [-0.15, -0.1) is 0 Å². The first kappa shape index (κ1) is 15.0. The molecule has 1 aromatic carbocycles.